The van der Waals surface area contributed by atoms with Crippen LogP contribution in [0.1, 0.15) is 21.7 Å². The first-order chi connectivity index (χ1) is 9.63. The van der Waals surface area contributed by atoms with E-state index in [1.165, 1.54) is 19.5 Å². The van der Waals surface area contributed by atoms with Crippen LogP contribution in [0.25, 0.3) is 0 Å². The number of nitriles is 1. The molecule has 2 rings (SSSR count). The second kappa shape index (κ2) is 5.80. The highest BCUT2D eigenvalue weighted by atomic mass is 16.5. The van der Waals surface area contributed by atoms with Crippen LogP contribution in [0.3, 0.4) is 0 Å². The number of hydrogen-bond acceptors (Lipinski definition) is 5. The van der Waals surface area contributed by atoms with Gasteiger partial charge in [0.2, 0.25) is 0 Å². The summed E-state index contributed by atoms with van der Waals surface area (Å²) in [4.78, 5) is 20.0. The van der Waals surface area contributed by atoms with Gasteiger partial charge < -0.3 is 10.1 Å². The number of ether oxygens (including phenoxy) is 1. The molecule has 1 heterocycles. The zero-order chi connectivity index (χ0) is 14.5. The van der Waals surface area contributed by atoms with Crippen molar-refractivity contribution in [3.8, 4) is 11.8 Å². The van der Waals surface area contributed by atoms with E-state index >= 15 is 0 Å². The lowest BCUT2D eigenvalue weighted by Gasteiger charge is -2.09. The van der Waals surface area contributed by atoms with Crippen molar-refractivity contribution in [2.24, 2.45) is 0 Å². The number of anilines is 1. The Hall–Kier alpha value is -2.94. The predicted molar refractivity (Wildman–Crippen MR) is 72.4 cm³/mol. The van der Waals surface area contributed by atoms with Gasteiger partial charge >= 0.3 is 0 Å². The number of carbonyl (C=O) groups is 1. The maximum absolute atomic E-state index is 12.0. The maximum Gasteiger partial charge on any atom is 0.275 e. The lowest BCUT2D eigenvalue weighted by Crippen LogP contribution is -2.14. The summed E-state index contributed by atoms with van der Waals surface area (Å²) in [7, 11) is 1.47. The molecule has 1 aromatic heterocycles. The third-order valence-electron chi connectivity index (χ3n) is 2.59. The van der Waals surface area contributed by atoms with E-state index in [9.17, 15) is 4.79 Å². The monoisotopic (exact) mass is 268 g/mol. The van der Waals surface area contributed by atoms with Gasteiger partial charge in [-0.05, 0) is 19.1 Å². The molecule has 0 fully saturated rings. The first-order valence-corrected chi connectivity index (χ1v) is 5.82. The Labute approximate surface area is 116 Å². The Balaban J connectivity index is 2.23. The second-order valence-corrected chi connectivity index (χ2v) is 4.02. The number of carbonyl (C=O) groups excluding carboxylic acids is 1. The van der Waals surface area contributed by atoms with Crippen molar-refractivity contribution < 1.29 is 9.53 Å². The molecule has 0 radical (unpaired) electrons. The average Bonchev–Trinajstić information content (AvgIpc) is 2.48. The molecule has 0 aliphatic carbocycles. The quantitative estimate of drug-likeness (QED) is 0.918. The molecule has 2 aromatic rings. The smallest absolute Gasteiger partial charge is 0.275 e. The fourth-order valence-electron chi connectivity index (χ4n) is 1.56. The molecule has 100 valence electrons. The van der Waals surface area contributed by atoms with Crippen LogP contribution in [0.15, 0.2) is 30.6 Å². The Kier molecular flexibility index (Phi) is 3.91. The Morgan fingerprint density at radius 1 is 1.35 bits per heavy atom. The lowest BCUT2D eigenvalue weighted by molar-refractivity contribution is 0.102. The minimum atomic E-state index is -0.388. The third kappa shape index (κ3) is 2.90. The highest BCUT2D eigenvalue weighted by Gasteiger charge is 2.11. The number of nitrogens with zero attached hydrogens (tertiary/aromatic N) is 3. The second-order valence-electron chi connectivity index (χ2n) is 4.02. The van der Waals surface area contributed by atoms with E-state index in [1.54, 1.807) is 25.1 Å². The first kappa shape index (κ1) is 13.5. The minimum Gasteiger partial charge on any atom is -0.495 e. The van der Waals surface area contributed by atoms with Gasteiger partial charge in [-0.1, -0.05) is 0 Å². The molecular weight excluding hydrogens is 256 g/mol. The van der Waals surface area contributed by atoms with Gasteiger partial charge in [0.25, 0.3) is 5.91 Å². The summed E-state index contributed by atoms with van der Waals surface area (Å²) in [5, 5.41) is 11.5. The Morgan fingerprint density at radius 2 is 2.15 bits per heavy atom. The number of nitrogens with one attached hydrogen (secondary N) is 1. The number of amides is 1. The summed E-state index contributed by atoms with van der Waals surface area (Å²) < 4.78 is 5.14. The standard InChI is InChI=1S/C14H12N4O2/c1-9-7-17-12(8-16-9)14(19)18-11-4-3-10(6-15)5-13(11)20-2/h3-5,7-8H,1-2H3,(H,18,19). The fourth-order valence-corrected chi connectivity index (χ4v) is 1.56. The summed E-state index contributed by atoms with van der Waals surface area (Å²) in [6, 6.07) is 6.76. The number of aromatic nitrogens is 2. The number of hydrogen-bond donors (Lipinski definition) is 1. The number of benzene rings is 1. The summed E-state index contributed by atoms with van der Waals surface area (Å²) in [5.41, 5.74) is 1.87. The third-order valence-corrected chi connectivity index (χ3v) is 2.59. The summed E-state index contributed by atoms with van der Waals surface area (Å²) in [5.74, 6) is 0.0259. The van der Waals surface area contributed by atoms with Crippen molar-refractivity contribution in [1.29, 1.82) is 5.26 Å². The molecule has 1 N–H and O–H groups in total. The minimum absolute atomic E-state index is 0.210. The van der Waals surface area contributed by atoms with E-state index < -0.39 is 0 Å². The first-order valence-electron chi connectivity index (χ1n) is 5.82. The zero-order valence-electron chi connectivity index (χ0n) is 11.0. The van der Waals surface area contributed by atoms with E-state index in [0.717, 1.165) is 5.69 Å². The fraction of sp³-hybridized carbons (Fsp3) is 0.143. The van der Waals surface area contributed by atoms with E-state index in [2.05, 4.69) is 15.3 Å². The van der Waals surface area contributed by atoms with E-state index in [1.807, 2.05) is 6.07 Å². The summed E-state index contributed by atoms with van der Waals surface area (Å²) in [6.07, 6.45) is 2.92. The summed E-state index contributed by atoms with van der Waals surface area (Å²) in [6.45, 7) is 1.79. The molecule has 0 bridgehead atoms. The van der Waals surface area contributed by atoms with Gasteiger partial charge in [0.05, 0.1) is 36.3 Å². The van der Waals surface area contributed by atoms with Crippen LogP contribution in [0, 0.1) is 18.3 Å². The summed E-state index contributed by atoms with van der Waals surface area (Å²) >= 11 is 0. The van der Waals surface area contributed by atoms with Crippen molar-refractivity contribution in [3.63, 3.8) is 0 Å². The highest BCUT2D eigenvalue weighted by Crippen LogP contribution is 2.25. The Morgan fingerprint density at radius 3 is 2.75 bits per heavy atom. The van der Waals surface area contributed by atoms with Crippen LogP contribution in [0.4, 0.5) is 5.69 Å². The average molecular weight is 268 g/mol. The van der Waals surface area contributed by atoms with Gasteiger partial charge in [-0.2, -0.15) is 5.26 Å². The molecule has 0 unspecified atom stereocenters. The van der Waals surface area contributed by atoms with Gasteiger partial charge in [-0.15, -0.1) is 0 Å². The molecule has 0 atom stereocenters. The molecule has 0 spiro atoms. The van der Waals surface area contributed by atoms with Crippen LogP contribution >= 0.6 is 0 Å². The zero-order valence-corrected chi connectivity index (χ0v) is 11.0. The maximum atomic E-state index is 12.0. The highest BCUT2D eigenvalue weighted by molar-refractivity contribution is 6.03. The van der Waals surface area contributed by atoms with E-state index in [-0.39, 0.29) is 11.6 Å². The molecule has 1 aromatic carbocycles. The van der Waals surface area contributed by atoms with Gasteiger partial charge in [-0.25, -0.2) is 4.98 Å². The molecule has 1 amide bonds. The molecule has 6 heteroatoms. The topological polar surface area (TPSA) is 87.9 Å². The molecule has 0 saturated carbocycles. The number of aryl methyl sites for hydroxylation is 1. The molecular formula is C14H12N4O2. The number of rotatable bonds is 3. The van der Waals surface area contributed by atoms with Gasteiger partial charge in [-0.3, -0.25) is 9.78 Å². The van der Waals surface area contributed by atoms with E-state index in [4.69, 9.17) is 10.00 Å². The van der Waals surface area contributed by atoms with Crippen molar-refractivity contribution in [3.05, 3.63) is 47.5 Å². The van der Waals surface area contributed by atoms with Gasteiger partial charge in [0, 0.05) is 12.3 Å². The van der Waals surface area contributed by atoms with Crippen LogP contribution in [-0.4, -0.2) is 23.0 Å². The molecule has 0 aliphatic rings. The largest absolute Gasteiger partial charge is 0.495 e. The SMILES string of the molecule is COc1cc(C#N)ccc1NC(=O)c1cnc(C)cn1. The predicted octanol–water partition coefficient (Wildman–Crippen LogP) is 1.92. The molecule has 0 saturated heterocycles. The Bertz CT molecular complexity index is 675. The molecule has 6 nitrogen and oxygen atoms in total. The van der Waals surface area contributed by atoms with Crippen molar-refractivity contribution in [1.82, 2.24) is 9.97 Å². The van der Waals surface area contributed by atoms with Crippen LogP contribution in [-0.2, 0) is 0 Å². The van der Waals surface area contributed by atoms with Crippen molar-refractivity contribution in [2.45, 2.75) is 6.92 Å². The van der Waals surface area contributed by atoms with Crippen molar-refractivity contribution >= 4 is 11.6 Å². The van der Waals surface area contributed by atoms with Gasteiger partial charge in [0.15, 0.2) is 0 Å². The van der Waals surface area contributed by atoms with Crippen molar-refractivity contribution in [2.75, 3.05) is 12.4 Å². The molecule has 0 aliphatic heterocycles. The number of methoxy groups -OCH3 is 1. The normalized spacial score (nSPS) is 9.65. The lowest BCUT2D eigenvalue weighted by atomic mass is 10.2. The van der Waals surface area contributed by atoms with Crippen LogP contribution < -0.4 is 10.1 Å². The van der Waals surface area contributed by atoms with Gasteiger partial charge in [0.1, 0.15) is 11.4 Å². The molecule has 20 heavy (non-hydrogen) atoms. The van der Waals surface area contributed by atoms with E-state index in [0.29, 0.717) is 17.0 Å². The van der Waals surface area contributed by atoms with Crippen LogP contribution in [0.2, 0.25) is 0 Å². The van der Waals surface area contributed by atoms with Crippen LogP contribution in [0.5, 0.6) is 5.75 Å².